The number of thioether (sulfide) groups is 1. The van der Waals surface area contributed by atoms with E-state index < -0.39 is 12.0 Å². The van der Waals surface area contributed by atoms with Gasteiger partial charge < -0.3 is 15.1 Å². The number of hydrogen-bond donors (Lipinski definition) is 2. The van der Waals surface area contributed by atoms with Gasteiger partial charge in [-0.2, -0.15) is 0 Å². The third-order valence-corrected chi connectivity index (χ3v) is 4.98. The number of rotatable bonds is 5. The molecule has 1 aliphatic carbocycles. The van der Waals surface area contributed by atoms with Crippen molar-refractivity contribution in [2.45, 2.75) is 43.6 Å². The summed E-state index contributed by atoms with van der Waals surface area (Å²) in [5, 5.41) is 18.2. The summed E-state index contributed by atoms with van der Waals surface area (Å²) in [6.45, 7) is 2.15. The fraction of sp³-hybridized carbons (Fsp3) is 0.833. The Morgan fingerprint density at radius 1 is 1.42 bits per heavy atom. The molecule has 0 spiro atoms. The van der Waals surface area contributed by atoms with Gasteiger partial charge in [-0.1, -0.05) is 6.92 Å². The van der Waals surface area contributed by atoms with Crippen LogP contribution in [0.2, 0.25) is 0 Å². The Morgan fingerprint density at radius 2 is 2.11 bits per heavy atom. The maximum atomic E-state index is 12.6. The molecule has 1 heterocycles. The van der Waals surface area contributed by atoms with Crippen molar-refractivity contribution in [2.75, 3.05) is 18.9 Å². The van der Waals surface area contributed by atoms with E-state index in [-0.39, 0.29) is 30.6 Å². The van der Waals surface area contributed by atoms with Crippen LogP contribution in [-0.4, -0.2) is 68.4 Å². The van der Waals surface area contributed by atoms with Gasteiger partial charge in [0.05, 0.1) is 12.0 Å². The fourth-order valence-corrected chi connectivity index (χ4v) is 3.74. The summed E-state index contributed by atoms with van der Waals surface area (Å²) in [7, 11) is 0. The van der Waals surface area contributed by atoms with E-state index in [2.05, 4.69) is 0 Å². The van der Waals surface area contributed by atoms with E-state index in [4.69, 9.17) is 5.11 Å². The van der Waals surface area contributed by atoms with E-state index in [9.17, 15) is 14.7 Å². The zero-order chi connectivity index (χ0) is 14.0. The molecule has 0 bridgehead atoms. The highest BCUT2D eigenvalue weighted by atomic mass is 32.2. The number of carbonyl (C=O) groups is 2. The standard InChI is InChI=1S/C12H20N2O4S/c1-2-10-14(9(7-19-10)11(16)17)12(18)13(5-6-15)8-3-4-8/h8-10,15H,2-7H2,1H3,(H,16,17). The molecule has 2 rings (SSSR count). The normalized spacial score (nSPS) is 26.5. The lowest BCUT2D eigenvalue weighted by Gasteiger charge is -2.33. The van der Waals surface area contributed by atoms with Gasteiger partial charge in [-0.3, -0.25) is 4.90 Å². The molecule has 0 aromatic carbocycles. The first-order valence-electron chi connectivity index (χ1n) is 6.64. The zero-order valence-electron chi connectivity index (χ0n) is 11.0. The minimum absolute atomic E-state index is 0.0754. The molecule has 0 aromatic rings. The maximum Gasteiger partial charge on any atom is 0.327 e. The van der Waals surface area contributed by atoms with Gasteiger partial charge in [0.25, 0.3) is 0 Å². The van der Waals surface area contributed by atoms with Gasteiger partial charge in [-0.15, -0.1) is 11.8 Å². The summed E-state index contributed by atoms with van der Waals surface area (Å²) in [5.41, 5.74) is 0. The second-order valence-corrected chi connectivity index (χ2v) is 6.10. The molecule has 2 aliphatic rings. The Morgan fingerprint density at radius 3 is 2.58 bits per heavy atom. The van der Waals surface area contributed by atoms with Gasteiger partial charge in [0, 0.05) is 18.3 Å². The van der Waals surface area contributed by atoms with Crippen molar-refractivity contribution in [2.24, 2.45) is 0 Å². The minimum Gasteiger partial charge on any atom is -0.480 e. The van der Waals surface area contributed by atoms with E-state index in [1.807, 2.05) is 6.92 Å². The molecule has 0 aromatic heterocycles. The molecular formula is C12H20N2O4S. The van der Waals surface area contributed by atoms with E-state index >= 15 is 0 Å². The number of aliphatic hydroxyl groups excluding tert-OH is 1. The van der Waals surface area contributed by atoms with Gasteiger partial charge in [0.15, 0.2) is 0 Å². The lowest BCUT2D eigenvalue weighted by molar-refractivity contribution is -0.141. The Bertz CT molecular complexity index is 362. The molecule has 1 aliphatic heterocycles. The number of aliphatic hydroxyl groups is 1. The van der Waals surface area contributed by atoms with Gasteiger partial charge in [0.2, 0.25) is 0 Å². The Kier molecular flexibility index (Phi) is 4.57. The Balaban J connectivity index is 2.14. The fourth-order valence-electron chi connectivity index (χ4n) is 2.40. The first-order chi connectivity index (χ1) is 9.10. The number of urea groups is 1. The quantitative estimate of drug-likeness (QED) is 0.782. The van der Waals surface area contributed by atoms with E-state index in [1.54, 1.807) is 4.90 Å². The summed E-state index contributed by atoms with van der Waals surface area (Å²) in [6.07, 6.45) is 2.63. The molecular weight excluding hydrogens is 268 g/mol. The molecule has 2 unspecified atom stereocenters. The molecule has 2 N–H and O–H groups in total. The second kappa shape index (κ2) is 6.00. The molecule has 1 saturated heterocycles. The Hall–Kier alpha value is -0.950. The molecule has 2 fully saturated rings. The first kappa shape index (κ1) is 14.5. The average Bonchev–Trinajstić information content (AvgIpc) is 3.12. The molecule has 0 radical (unpaired) electrons. The summed E-state index contributed by atoms with van der Waals surface area (Å²) in [4.78, 5) is 27.0. The average molecular weight is 288 g/mol. The van der Waals surface area contributed by atoms with Gasteiger partial charge in [-0.25, -0.2) is 9.59 Å². The lowest BCUT2D eigenvalue weighted by atomic mass is 10.2. The summed E-state index contributed by atoms with van der Waals surface area (Å²) in [6, 6.07) is -0.805. The number of carboxylic acids is 1. The predicted molar refractivity (Wildman–Crippen MR) is 72.0 cm³/mol. The number of carbonyl (C=O) groups excluding carboxylic acids is 1. The number of hydrogen-bond acceptors (Lipinski definition) is 4. The molecule has 7 heteroatoms. The van der Waals surface area contributed by atoms with Crippen molar-refractivity contribution in [1.82, 2.24) is 9.80 Å². The number of aliphatic carboxylic acids is 1. The highest BCUT2D eigenvalue weighted by Crippen LogP contribution is 2.35. The van der Waals surface area contributed by atoms with Crippen molar-refractivity contribution in [3.8, 4) is 0 Å². The highest BCUT2D eigenvalue weighted by Gasteiger charge is 2.45. The topological polar surface area (TPSA) is 81.1 Å². The van der Waals surface area contributed by atoms with E-state index in [0.717, 1.165) is 19.3 Å². The summed E-state index contributed by atoms with van der Waals surface area (Å²) in [5.74, 6) is -0.506. The van der Waals surface area contributed by atoms with Crippen LogP contribution in [0, 0.1) is 0 Å². The van der Waals surface area contributed by atoms with Crippen molar-refractivity contribution < 1.29 is 19.8 Å². The predicted octanol–water partition coefficient (Wildman–Crippen LogP) is 0.801. The van der Waals surface area contributed by atoms with Crippen LogP contribution in [-0.2, 0) is 4.79 Å². The molecule has 2 atom stereocenters. The van der Waals surface area contributed by atoms with Crippen LogP contribution >= 0.6 is 11.8 Å². The number of amides is 2. The molecule has 1 saturated carbocycles. The van der Waals surface area contributed by atoms with Crippen LogP contribution in [0.5, 0.6) is 0 Å². The highest BCUT2D eigenvalue weighted by molar-refractivity contribution is 8.00. The Labute approximate surface area is 116 Å². The summed E-state index contributed by atoms with van der Waals surface area (Å²) >= 11 is 1.52. The monoisotopic (exact) mass is 288 g/mol. The molecule has 108 valence electrons. The number of carboxylic acid groups (broad SMARTS) is 1. The van der Waals surface area contributed by atoms with Gasteiger partial charge >= 0.3 is 12.0 Å². The third-order valence-electron chi connectivity index (χ3n) is 3.52. The lowest BCUT2D eigenvalue weighted by Crippen LogP contribution is -2.52. The molecule has 2 amide bonds. The van der Waals surface area contributed by atoms with Crippen LogP contribution in [0.25, 0.3) is 0 Å². The van der Waals surface area contributed by atoms with E-state index in [0.29, 0.717) is 5.75 Å². The van der Waals surface area contributed by atoms with Crippen LogP contribution in [0.1, 0.15) is 26.2 Å². The van der Waals surface area contributed by atoms with Gasteiger partial charge in [-0.05, 0) is 19.3 Å². The minimum atomic E-state index is -0.948. The maximum absolute atomic E-state index is 12.6. The van der Waals surface area contributed by atoms with Gasteiger partial charge in [0.1, 0.15) is 6.04 Å². The largest absolute Gasteiger partial charge is 0.480 e. The molecule has 19 heavy (non-hydrogen) atoms. The van der Waals surface area contributed by atoms with Crippen LogP contribution in [0.3, 0.4) is 0 Å². The van der Waals surface area contributed by atoms with Crippen LogP contribution < -0.4 is 0 Å². The van der Waals surface area contributed by atoms with E-state index in [1.165, 1.54) is 16.7 Å². The van der Waals surface area contributed by atoms with Crippen molar-refractivity contribution in [3.63, 3.8) is 0 Å². The zero-order valence-corrected chi connectivity index (χ0v) is 11.8. The van der Waals surface area contributed by atoms with Crippen molar-refractivity contribution in [3.05, 3.63) is 0 Å². The SMILES string of the molecule is CCC1SCC(C(=O)O)N1C(=O)N(CCO)C1CC1. The molecule has 6 nitrogen and oxygen atoms in total. The van der Waals surface area contributed by atoms with Crippen LogP contribution in [0.15, 0.2) is 0 Å². The third kappa shape index (κ3) is 2.97. The van der Waals surface area contributed by atoms with Crippen LogP contribution in [0.4, 0.5) is 4.79 Å². The smallest absolute Gasteiger partial charge is 0.327 e. The van der Waals surface area contributed by atoms with Crippen molar-refractivity contribution >= 4 is 23.8 Å². The number of nitrogens with zero attached hydrogens (tertiary/aromatic N) is 2. The van der Waals surface area contributed by atoms with Crippen molar-refractivity contribution in [1.29, 1.82) is 0 Å². The second-order valence-electron chi connectivity index (χ2n) is 4.89. The first-order valence-corrected chi connectivity index (χ1v) is 7.69. The summed E-state index contributed by atoms with van der Waals surface area (Å²) < 4.78 is 0.